The third kappa shape index (κ3) is 5.40. The standard InChI is InChI=1S/C13H18N2O3S/c16-12(15-9-1-2-9)5-6-14-8-11-4-3-10(19-11)7-13(17)18/h3-4,9,14H,1-2,5-8H2,(H,15,16)(H,17,18). The lowest BCUT2D eigenvalue weighted by atomic mass is 10.3. The number of aliphatic carboxylic acids is 1. The Morgan fingerprint density at radius 3 is 2.74 bits per heavy atom. The zero-order chi connectivity index (χ0) is 13.7. The van der Waals surface area contributed by atoms with Gasteiger partial charge in [0.2, 0.25) is 5.91 Å². The molecule has 1 saturated carbocycles. The maximum Gasteiger partial charge on any atom is 0.308 e. The molecule has 19 heavy (non-hydrogen) atoms. The van der Waals surface area contributed by atoms with Crippen LogP contribution in [0.4, 0.5) is 0 Å². The van der Waals surface area contributed by atoms with Crippen molar-refractivity contribution >= 4 is 23.2 Å². The molecular formula is C13H18N2O3S. The summed E-state index contributed by atoms with van der Waals surface area (Å²) in [7, 11) is 0. The van der Waals surface area contributed by atoms with Crippen molar-refractivity contribution in [3.05, 3.63) is 21.9 Å². The van der Waals surface area contributed by atoms with Gasteiger partial charge in [0.25, 0.3) is 0 Å². The fourth-order valence-corrected chi connectivity index (χ4v) is 2.68. The van der Waals surface area contributed by atoms with E-state index < -0.39 is 5.97 Å². The van der Waals surface area contributed by atoms with Crippen molar-refractivity contribution in [2.24, 2.45) is 0 Å². The summed E-state index contributed by atoms with van der Waals surface area (Å²) in [6.07, 6.45) is 2.79. The number of hydrogen-bond acceptors (Lipinski definition) is 4. The third-order valence-corrected chi connectivity index (χ3v) is 3.90. The molecule has 0 radical (unpaired) electrons. The minimum atomic E-state index is -0.807. The van der Waals surface area contributed by atoms with Crippen LogP contribution >= 0.6 is 11.3 Å². The van der Waals surface area contributed by atoms with Crippen LogP contribution in [0.1, 0.15) is 29.0 Å². The van der Waals surface area contributed by atoms with Gasteiger partial charge in [0, 0.05) is 35.3 Å². The first-order valence-electron chi connectivity index (χ1n) is 6.43. The Labute approximate surface area is 116 Å². The van der Waals surface area contributed by atoms with Crippen LogP contribution in [-0.2, 0) is 22.6 Å². The molecule has 0 unspecified atom stereocenters. The van der Waals surface area contributed by atoms with Gasteiger partial charge in [-0.05, 0) is 25.0 Å². The van der Waals surface area contributed by atoms with Gasteiger partial charge in [-0.2, -0.15) is 0 Å². The summed E-state index contributed by atoms with van der Waals surface area (Å²) in [6, 6.07) is 4.19. The molecule has 0 aliphatic heterocycles. The molecule has 0 saturated heterocycles. The second-order valence-corrected chi connectivity index (χ2v) is 5.96. The van der Waals surface area contributed by atoms with Crippen LogP contribution in [-0.4, -0.2) is 29.6 Å². The van der Waals surface area contributed by atoms with E-state index >= 15 is 0 Å². The van der Waals surface area contributed by atoms with Gasteiger partial charge < -0.3 is 15.7 Å². The van der Waals surface area contributed by atoms with E-state index in [1.54, 1.807) is 0 Å². The number of carboxylic acids is 1. The lowest BCUT2D eigenvalue weighted by Crippen LogP contribution is -2.28. The smallest absolute Gasteiger partial charge is 0.308 e. The summed E-state index contributed by atoms with van der Waals surface area (Å²) in [4.78, 5) is 23.9. The highest BCUT2D eigenvalue weighted by Crippen LogP contribution is 2.18. The molecule has 1 heterocycles. The Morgan fingerprint density at radius 2 is 2.05 bits per heavy atom. The molecule has 0 atom stereocenters. The van der Waals surface area contributed by atoms with E-state index in [1.165, 1.54) is 11.3 Å². The number of carboxylic acid groups (broad SMARTS) is 1. The topological polar surface area (TPSA) is 78.4 Å². The van der Waals surface area contributed by atoms with Crippen molar-refractivity contribution in [3.8, 4) is 0 Å². The largest absolute Gasteiger partial charge is 0.481 e. The average Bonchev–Trinajstić information content (AvgIpc) is 3.03. The second kappa shape index (κ2) is 6.68. The molecule has 0 aromatic carbocycles. The van der Waals surface area contributed by atoms with Crippen LogP contribution in [0, 0.1) is 0 Å². The van der Waals surface area contributed by atoms with E-state index in [0.717, 1.165) is 22.6 Å². The van der Waals surface area contributed by atoms with Crippen molar-refractivity contribution < 1.29 is 14.7 Å². The molecule has 6 heteroatoms. The average molecular weight is 282 g/mol. The molecule has 1 aromatic heterocycles. The first kappa shape index (κ1) is 14.0. The van der Waals surface area contributed by atoms with E-state index in [2.05, 4.69) is 10.6 Å². The summed E-state index contributed by atoms with van der Waals surface area (Å²) >= 11 is 1.50. The fraction of sp³-hybridized carbons (Fsp3) is 0.538. The van der Waals surface area contributed by atoms with Crippen LogP contribution in [0.3, 0.4) is 0 Å². The van der Waals surface area contributed by atoms with Gasteiger partial charge in [-0.25, -0.2) is 0 Å². The Balaban J connectivity index is 1.60. The third-order valence-electron chi connectivity index (χ3n) is 2.81. The van der Waals surface area contributed by atoms with Gasteiger partial charge in [-0.15, -0.1) is 11.3 Å². The second-order valence-electron chi connectivity index (χ2n) is 4.71. The summed E-state index contributed by atoms with van der Waals surface area (Å²) < 4.78 is 0. The van der Waals surface area contributed by atoms with Crippen molar-refractivity contribution in [2.45, 2.75) is 38.3 Å². The highest BCUT2D eigenvalue weighted by atomic mass is 32.1. The molecule has 1 aliphatic rings. The summed E-state index contributed by atoms with van der Waals surface area (Å²) in [6.45, 7) is 1.33. The molecule has 1 aliphatic carbocycles. The lowest BCUT2D eigenvalue weighted by Gasteiger charge is -2.04. The maximum absolute atomic E-state index is 11.4. The van der Waals surface area contributed by atoms with Gasteiger partial charge >= 0.3 is 5.97 Å². The minimum Gasteiger partial charge on any atom is -0.481 e. The van der Waals surface area contributed by atoms with E-state index in [4.69, 9.17) is 5.11 Å². The van der Waals surface area contributed by atoms with E-state index in [0.29, 0.717) is 25.6 Å². The first-order chi connectivity index (χ1) is 9.13. The quantitative estimate of drug-likeness (QED) is 0.625. The Hall–Kier alpha value is -1.40. The number of rotatable bonds is 8. The number of nitrogens with one attached hydrogen (secondary N) is 2. The molecule has 1 amide bonds. The predicted molar refractivity (Wildman–Crippen MR) is 73.1 cm³/mol. The Bertz CT molecular complexity index is 454. The van der Waals surface area contributed by atoms with Gasteiger partial charge in [0.15, 0.2) is 0 Å². The van der Waals surface area contributed by atoms with Gasteiger partial charge in [-0.1, -0.05) is 0 Å². The summed E-state index contributed by atoms with van der Waals surface area (Å²) in [5, 5.41) is 14.8. The lowest BCUT2D eigenvalue weighted by molar-refractivity contribution is -0.136. The van der Waals surface area contributed by atoms with Crippen LogP contribution in [0.15, 0.2) is 12.1 Å². The van der Waals surface area contributed by atoms with Crippen molar-refractivity contribution in [2.75, 3.05) is 6.54 Å². The minimum absolute atomic E-state index is 0.0778. The van der Waals surface area contributed by atoms with E-state index in [9.17, 15) is 9.59 Å². The van der Waals surface area contributed by atoms with Gasteiger partial charge in [0.05, 0.1) is 6.42 Å². The van der Waals surface area contributed by atoms with Crippen molar-refractivity contribution in [1.29, 1.82) is 0 Å². The van der Waals surface area contributed by atoms with Gasteiger partial charge in [-0.3, -0.25) is 9.59 Å². The molecule has 1 fully saturated rings. The van der Waals surface area contributed by atoms with Crippen molar-refractivity contribution in [1.82, 2.24) is 10.6 Å². The highest BCUT2D eigenvalue weighted by molar-refractivity contribution is 7.12. The molecule has 0 bridgehead atoms. The monoisotopic (exact) mass is 282 g/mol. The number of carbonyl (C=O) groups excluding carboxylic acids is 1. The normalized spacial score (nSPS) is 14.3. The van der Waals surface area contributed by atoms with E-state index in [1.807, 2.05) is 12.1 Å². The highest BCUT2D eigenvalue weighted by Gasteiger charge is 2.22. The van der Waals surface area contributed by atoms with Crippen molar-refractivity contribution in [3.63, 3.8) is 0 Å². The van der Waals surface area contributed by atoms with Gasteiger partial charge in [0.1, 0.15) is 0 Å². The maximum atomic E-state index is 11.4. The fourth-order valence-electron chi connectivity index (χ4n) is 1.70. The van der Waals surface area contributed by atoms with Crippen LogP contribution < -0.4 is 10.6 Å². The van der Waals surface area contributed by atoms with E-state index in [-0.39, 0.29) is 12.3 Å². The number of thiophene rings is 1. The molecule has 3 N–H and O–H groups in total. The molecule has 2 rings (SSSR count). The molecule has 0 spiro atoms. The number of hydrogen-bond donors (Lipinski definition) is 3. The Kier molecular flexibility index (Phi) is 4.93. The molecule has 104 valence electrons. The van der Waals surface area contributed by atoms with Crippen LogP contribution in [0.5, 0.6) is 0 Å². The first-order valence-corrected chi connectivity index (χ1v) is 7.24. The number of amides is 1. The zero-order valence-electron chi connectivity index (χ0n) is 10.6. The zero-order valence-corrected chi connectivity index (χ0v) is 11.5. The molecule has 5 nitrogen and oxygen atoms in total. The summed E-state index contributed by atoms with van der Waals surface area (Å²) in [5.41, 5.74) is 0. The predicted octanol–water partition coefficient (Wildman–Crippen LogP) is 1.13. The number of carbonyl (C=O) groups is 2. The summed E-state index contributed by atoms with van der Waals surface area (Å²) in [5.74, 6) is -0.703. The SMILES string of the molecule is O=C(O)Cc1ccc(CNCCC(=O)NC2CC2)s1. The van der Waals surface area contributed by atoms with Crippen LogP contribution in [0.25, 0.3) is 0 Å². The van der Waals surface area contributed by atoms with Crippen LogP contribution in [0.2, 0.25) is 0 Å². The molecular weight excluding hydrogens is 264 g/mol. The molecule has 1 aromatic rings. The Morgan fingerprint density at radius 1 is 1.32 bits per heavy atom.